The van der Waals surface area contributed by atoms with E-state index < -0.39 is 35.6 Å². The predicted octanol–water partition coefficient (Wildman–Crippen LogP) is 2.72. The summed E-state index contributed by atoms with van der Waals surface area (Å²) < 4.78 is 11.9. The summed E-state index contributed by atoms with van der Waals surface area (Å²) in [5.74, 6) is -1.44. The fraction of sp³-hybridized carbons (Fsp3) is 0.375. The quantitative estimate of drug-likeness (QED) is 0.775. The highest BCUT2D eigenvalue weighted by Crippen LogP contribution is 2.59. The topological polar surface area (TPSA) is 88.9 Å². The van der Waals surface area contributed by atoms with Crippen LogP contribution in [0.1, 0.15) is 25.1 Å². The van der Waals surface area contributed by atoms with Gasteiger partial charge in [-0.25, -0.2) is 0 Å². The van der Waals surface area contributed by atoms with Gasteiger partial charge in [0.25, 0.3) is 0 Å². The van der Waals surface area contributed by atoms with Crippen molar-refractivity contribution in [1.29, 1.82) is 0 Å². The van der Waals surface area contributed by atoms with E-state index in [0.717, 1.165) is 0 Å². The number of furan rings is 1. The van der Waals surface area contributed by atoms with E-state index in [1.165, 1.54) is 0 Å². The maximum atomic E-state index is 13.8. The molecule has 0 saturated carbocycles. The lowest BCUT2D eigenvalue weighted by atomic mass is 9.70. The first-order chi connectivity index (χ1) is 15.0. The number of anilines is 1. The van der Waals surface area contributed by atoms with Crippen molar-refractivity contribution >= 4 is 23.3 Å². The summed E-state index contributed by atoms with van der Waals surface area (Å²) in [4.78, 5) is 41.8. The maximum absolute atomic E-state index is 13.8. The van der Waals surface area contributed by atoms with Crippen LogP contribution in [0, 0.1) is 17.8 Å². The molecule has 5 heterocycles. The molecule has 2 bridgehead atoms. The number of rotatable bonds is 3. The number of nitrogens with one attached hydrogen (secondary N) is 1. The Bertz CT molecular complexity index is 1090. The number of nitrogens with zero attached hydrogens (tertiary/aromatic N) is 1. The molecular weight excluding hydrogens is 396 g/mol. The fourth-order valence-corrected chi connectivity index (χ4v) is 6.01. The molecule has 4 aliphatic heterocycles. The molecule has 2 amide bonds. The van der Waals surface area contributed by atoms with E-state index in [9.17, 15) is 14.4 Å². The summed E-state index contributed by atoms with van der Waals surface area (Å²) in [5, 5.41) is 2.93. The third-order valence-electron chi connectivity index (χ3n) is 7.30. The average Bonchev–Trinajstić information content (AvgIpc) is 3.54. The molecule has 3 saturated heterocycles. The molecule has 158 valence electrons. The fourth-order valence-electron chi connectivity index (χ4n) is 6.01. The second kappa shape index (κ2) is 6.40. The van der Waals surface area contributed by atoms with Crippen LogP contribution in [0.25, 0.3) is 0 Å². The summed E-state index contributed by atoms with van der Waals surface area (Å²) in [6, 6.07) is 11.8. The Kier molecular flexibility index (Phi) is 3.84. The first-order valence-corrected chi connectivity index (χ1v) is 10.6. The molecule has 0 radical (unpaired) electrons. The number of para-hydroxylation sites is 1. The number of fused-ring (bicyclic) bond motifs is 2. The molecule has 1 spiro atoms. The number of benzene rings is 1. The van der Waals surface area contributed by atoms with Crippen molar-refractivity contribution in [2.45, 2.75) is 37.1 Å². The van der Waals surface area contributed by atoms with Gasteiger partial charge in [0.15, 0.2) is 0 Å². The van der Waals surface area contributed by atoms with Crippen LogP contribution in [0.15, 0.2) is 65.3 Å². The number of amides is 2. The van der Waals surface area contributed by atoms with Gasteiger partial charge in [-0.05, 0) is 24.3 Å². The molecule has 7 nitrogen and oxygen atoms in total. The van der Waals surface area contributed by atoms with Crippen LogP contribution in [0.5, 0.6) is 0 Å². The molecule has 1 N–H and O–H groups in total. The van der Waals surface area contributed by atoms with Gasteiger partial charge in [0, 0.05) is 18.0 Å². The number of hydrogen-bond acceptors (Lipinski definition) is 5. The summed E-state index contributed by atoms with van der Waals surface area (Å²) in [6.07, 6.45) is 5.05. The van der Waals surface area contributed by atoms with Gasteiger partial charge >= 0.3 is 0 Å². The van der Waals surface area contributed by atoms with Gasteiger partial charge in [-0.1, -0.05) is 37.3 Å². The van der Waals surface area contributed by atoms with E-state index in [1.807, 2.05) is 49.4 Å². The summed E-state index contributed by atoms with van der Waals surface area (Å²) in [6.45, 7) is 1.85. The van der Waals surface area contributed by atoms with Crippen LogP contribution in [0.2, 0.25) is 0 Å². The summed E-state index contributed by atoms with van der Waals surface area (Å²) in [7, 11) is 0. The average molecular weight is 418 g/mol. The standard InChI is InChI=1S/C24H22N2O5/c1-13-16(27)12-15(17-8-5-11-30-17)26-21(13)24-10-9-18(31-24)19(20(24)23(26)29)22(28)25-14-6-3-2-4-7-14/h2-11,13,15,18-21H,12H2,1H3,(H,25,28). The third-order valence-corrected chi connectivity index (χ3v) is 7.30. The van der Waals surface area contributed by atoms with Gasteiger partial charge in [-0.3, -0.25) is 14.4 Å². The predicted molar refractivity (Wildman–Crippen MR) is 110 cm³/mol. The number of hydrogen-bond donors (Lipinski definition) is 1. The summed E-state index contributed by atoms with van der Waals surface area (Å²) >= 11 is 0. The number of ether oxygens (including phenoxy) is 1. The number of piperidine rings is 1. The van der Waals surface area contributed by atoms with E-state index in [2.05, 4.69) is 5.32 Å². The van der Waals surface area contributed by atoms with Crippen LogP contribution in [-0.4, -0.2) is 40.2 Å². The highest BCUT2D eigenvalue weighted by atomic mass is 16.5. The lowest BCUT2D eigenvalue weighted by Gasteiger charge is -2.43. The van der Waals surface area contributed by atoms with Crippen molar-refractivity contribution in [2.24, 2.45) is 17.8 Å². The van der Waals surface area contributed by atoms with E-state index in [-0.39, 0.29) is 29.9 Å². The van der Waals surface area contributed by atoms with E-state index >= 15 is 0 Å². The molecule has 7 heteroatoms. The highest BCUT2D eigenvalue weighted by molar-refractivity contribution is 6.00. The normalized spacial score (nSPS) is 37.8. The van der Waals surface area contributed by atoms with E-state index in [0.29, 0.717) is 11.4 Å². The smallest absolute Gasteiger partial charge is 0.231 e. The molecule has 31 heavy (non-hydrogen) atoms. The van der Waals surface area contributed by atoms with Crippen molar-refractivity contribution in [3.05, 3.63) is 66.6 Å². The Morgan fingerprint density at radius 1 is 1.16 bits per heavy atom. The molecule has 2 aromatic rings. The summed E-state index contributed by atoms with van der Waals surface area (Å²) in [5.41, 5.74) is -0.297. The highest BCUT2D eigenvalue weighted by Gasteiger charge is 2.74. The molecule has 6 rings (SSSR count). The van der Waals surface area contributed by atoms with Crippen molar-refractivity contribution in [2.75, 3.05) is 5.32 Å². The molecular formula is C24H22N2O5. The Hall–Kier alpha value is -3.19. The first-order valence-electron chi connectivity index (χ1n) is 10.6. The second-order valence-corrected chi connectivity index (χ2v) is 8.83. The minimum absolute atomic E-state index is 0.0723. The van der Waals surface area contributed by atoms with Crippen molar-refractivity contribution in [3.8, 4) is 0 Å². The van der Waals surface area contributed by atoms with Gasteiger partial charge in [0.1, 0.15) is 17.1 Å². The largest absolute Gasteiger partial charge is 0.467 e. The minimum atomic E-state index is -0.971. The Labute approximate surface area is 179 Å². The van der Waals surface area contributed by atoms with Crippen LogP contribution in [0.3, 0.4) is 0 Å². The van der Waals surface area contributed by atoms with Gasteiger partial charge in [0.2, 0.25) is 11.8 Å². The molecule has 7 unspecified atom stereocenters. The lowest BCUT2D eigenvalue weighted by Crippen LogP contribution is -2.55. The van der Waals surface area contributed by atoms with Crippen molar-refractivity contribution in [1.82, 2.24) is 4.90 Å². The molecule has 1 aromatic carbocycles. The van der Waals surface area contributed by atoms with Crippen LogP contribution in [0.4, 0.5) is 5.69 Å². The van der Waals surface area contributed by atoms with Crippen LogP contribution in [-0.2, 0) is 19.1 Å². The van der Waals surface area contributed by atoms with Gasteiger partial charge in [-0.2, -0.15) is 0 Å². The molecule has 0 aliphatic carbocycles. The van der Waals surface area contributed by atoms with Crippen LogP contribution >= 0.6 is 0 Å². The van der Waals surface area contributed by atoms with E-state index in [1.54, 1.807) is 23.3 Å². The zero-order valence-electron chi connectivity index (χ0n) is 16.9. The molecule has 1 aromatic heterocycles. The Balaban J connectivity index is 1.40. The van der Waals surface area contributed by atoms with Gasteiger partial charge < -0.3 is 19.4 Å². The van der Waals surface area contributed by atoms with Gasteiger partial charge in [0.05, 0.1) is 36.3 Å². The maximum Gasteiger partial charge on any atom is 0.231 e. The molecule has 7 atom stereocenters. The first kappa shape index (κ1) is 18.6. The monoisotopic (exact) mass is 418 g/mol. The third kappa shape index (κ3) is 2.41. The minimum Gasteiger partial charge on any atom is -0.467 e. The number of carbonyl (C=O) groups is 3. The van der Waals surface area contributed by atoms with Crippen LogP contribution < -0.4 is 5.32 Å². The van der Waals surface area contributed by atoms with Crippen molar-refractivity contribution < 1.29 is 23.5 Å². The SMILES string of the molecule is CC1C(=O)CC(c2ccco2)N2C(=O)C3C(C(=O)Nc4ccccc4)C4C=CC3(O4)C12. The Morgan fingerprint density at radius 3 is 2.71 bits per heavy atom. The zero-order chi connectivity index (χ0) is 21.3. The molecule has 4 aliphatic rings. The second-order valence-electron chi connectivity index (χ2n) is 8.83. The van der Waals surface area contributed by atoms with E-state index in [4.69, 9.17) is 9.15 Å². The van der Waals surface area contributed by atoms with Crippen molar-refractivity contribution in [3.63, 3.8) is 0 Å². The van der Waals surface area contributed by atoms with Gasteiger partial charge in [-0.15, -0.1) is 0 Å². The number of carbonyl (C=O) groups excluding carboxylic acids is 3. The molecule has 3 fully saturated rings. The number of ketones is 1. The number of Topliss-reactive ketones (excluding diaryl/α,β-unsaturated/α-hetero) is 1. The zero-order valence-corrected chi connectivity index (χ0v) is 16.9. The lowest BCUT2D eigenvalue weighted by molar-refractivity contribution is -0.147. The Morgan fingerprint density at radius 2 is 1.97 bits per heavy atom.